The van der Waals surface area contributed by atoms with Crippen LogP contribution in [0.1, 0.15) is 61.0 Å². The topological polar surface area (TPSA) is 119 Å². The summed E-state index contributed by atoms with van der Waals surface area (Å²) in [5.74, 6) is 0.162. The monoisotopic (exact) mass is 572 g/mol. The fraction of sp³-hybridized carbons (Fsp3) is 0.200. The number of fused-ring (bicyclic) bond motifs is 3. The fourth-order valence-electron chi connectivity index (χ4n) is 5.06. The van der Waals surface area contributed by atoms with Gasteiger partial charge in [0.05, 0.1) is 45.5 Å². The van der Waals surface area contributed by atoms with Crippen molar-refractivity contribution < 1.29 is 28.5 Å². The third-order valence-corrected chi connectivity index (χ3v) is 7.13. The highest BCUT2D eigenvalue weighted by atomic mass is 16.6. The van der Waals surface area contributed by atoms with Crippen LogP contribution in [0, 0.1) is 50.4 Å². The molecule has 4 aromatic carbocycles. The quantitative estimate of drug-likeness (QED) is 0.191. The van der Waals surface area contributed by atoms with Gasteiger partial charge >= 0.3 is 11.9 Å². The van der Waals surface area contributed by atoms with Crippen LogP contribution in [0.5, 0.6) is 23.0 Å². The molecule has 214 valence electrons. The number of aryl methyl sites for hydroxylation is 4. The first kappa shape index (κ1) is 28.9. The van der Waals surface area contributed by atoms with Crippen molar-refractivity contribution in [2.75, 3.05) is 6.61 Å². The molecule has 0 spiro atoms. The number of nitriles is 2. The molecule has 1 heterocycles. The van der Waals surface area contributed by atoms with Gasteiger partial charge in [0.1, 0.15) is 35.7 Å². The summed E-state index contributed by atoms with van der Waals surface area (Å²) < 4.78 is 24.8. The maximum absolute atomic E-state index is 13.4. The molecule has 8 nitrogen and oxygen atoms in total. The number of ether oxygens (including phenoxy) is 4. The van der Waals surface area contributed by atoms with E-state index in [1.54, 1.807) is 24.3 Å². The van der Waals surface area contributed by atoms with Gasteiger partial charge in [0.2, 0.25) is 0 Å². The Labute approximate surface area is 249 Å². The van der Waals surface area contributed by atoms with E-state index in [-0.39, 0.29) is 35.3 Å². The molecule has 0 bridgehead atoms. The molecular formula is C35H28N2O6. The van der Waals surface area contributed by atoms with Crippen LogP contribution < -0.4 is 18.9 Å². The lowest BCUT2D eigenvalue weighted by Gasteiger charge is -2.29. The summed E-state index contributed by atoms with van der Waals surface area (Å²) in [6.07, 6.45) is -0.347. The molecule has 0 radical (unpaired) electrons. The highest BCUT2D eigenvalue weighted by Crippen LogP contribution is 2.53. The van der Waals surface area contributed by atoms with Gasteiger partial charge in [-0.3, -0.25) is 0 Å². The van der Waals surface area contributed by atoms with Crippen LogP contribution in [-0.2, 0) is 0 Å². The van der Waals surface area contributed by atoms with Crippen LogP contribution in [-0.4, -0.2) is 24.6 Å². The molecule has 4 aromatic rings. The van der Waals surface area contributed by atoms with Crippen molar-refractivity contribution in [3.63, 3.8) is 0 Å². The van der Waals surface area contributed by atoms with E-state index in [2.05, 4.69) is 0 Å². The van der Waals surface area contributed by atoms with Crippen LogP contribution in [0.15, 0.2) is 60.7 Å². The van der Waals surface area contributed by atoms with E-state index in [9.17, 15) is 9.59 Å². The number of hydrogen-bond acceptors (Lipinski definition) is 8. The number of esters is 2. The van der Waals surface area contributed by atoms with Crippen LogP contribution in [0.25, 0.3) is 11.1 Å². The average molecular weight is 573 g/mol. The molecule has 0 N–H and O–H groups in total. The van der Waals surface area contributed by atoms with Crippen molar-refractivity contribution in [1.29, 1.82) is 10.5 Å². The third-order valence-electron chi connectivity index (χ3n) is 7.13. The lowest BCUT2D eigenvalue weighted by molar-refractivity contribution is 0.0719. The van der Waals surface area contributed by atoms with Crippen molar-refractivity contribution >= 4 is 11.9 Å². The minimum Gasteiger partial charge on any atom is -0.489 e. The first-order valence-corrected chi connectivity index (χ1v) is 13.6. The zero-order chi connectivity index (χ0) is 30.8. The lowest BCUT2D eigenvalue weighted by Crippen LogP contribution is -2.25. The van der Waals surface area contributed by atoms with Gasteiger partial charge in [-0.05, 0) is 118 Å². The second-order valence-corrected chi connectivity index (χ2v) is 10.5. The maximum Gasteiger partial charge on any atom is 0.343 e. The van der Waals surface area contributed by atoms with E-state index in [4.69, 9.17) is 29.5 Å². The zero-order valence-corrected chi connectivity index (χ0v) is 24.4. The standard InChI is InChI=1S/C35H28N2O6/c1-19-14-21(3)32(42-34(38)26-10-6-24(16-36)7-11-26)28-29-31(41-23(5)18-40-30(19)28)20(2)15-22(4)33(29)43-35(39)27-12-8-25(17-37)9-13-27/h6-15,23H,18H2,1-5H3/t23-/m0/s1. The van der Waals surface area contributed by atoms with Crippen molar-refractivity contribution in [2.24, 2.45) is 0 Å². The van der Waals surface area contributed by atoms with E-state index >= 15 is 0 Å². The molecule has 0 aliphatic carbocycles. The van der Waals surface area contributed by atoms with Crippen molar-refractivity contribution in [3.8, 4) is 46.3 Å². The Balaban J connectivity index is 1.72. The predicted molar refractivity (Wildman–Crippen MR) is 159 cm³/mol. The zero-order valence-electron chi connectivity index (χ0n) is 24.4. The largest absolute Gasteiger partial charge is 0.489 e. The highest BCUT2D eigenvalue weighted by Gasteiger charge is 2.32. The van der Waals surface area contributed by atoms with Gasteiger partial charge in [-0.25, -0.2) is 9.59 Å². The first-order valence-electron chi connectivity index (χ1n) is 13.6. The number of benzene rings is 4. The molecule has 0 unspecified atom stereocenters. The summed E-state index contributed by atoms with van der Waals surface area (Å²) >= 11 is 0. The van der Waals surface area contributed by atoms with Crippen molar-refractivity contribution in [2.45, 2.75) is 40.7 Å². The Kier molecular flexibility index (Phi) is 7.88. The summed E-state index contributed by atoms with van der Waals surface area (Å²) in [5, 5.41) is 18.3. The molecule has 8 heteroatoms. The first-order chi connectivity index (χ1) is 20.6. The van der Waals surface area contributed by atoms with Crippen LogP contribution in [0.4, 0.5) is 0 Å². The Morgan fingerprint density at radius 1 is 0.698 bits per heavy atom. The summed E-state index contributed by atoms with van der Waals surface area (Å²) in [6, 6.07) is 20.1. The second kappa shape index (κ2) is 11.7. The minimum absolute atomic E-state index is 0.229. The predicted octanol–water partition coefficient (Wildman–Crippen LogP) is 6.93. The van der Waals surface area contributed by atoms with Crippen LogP contribution in [0.3, 0.4) is 0 Å². The van der Waals surface area contributed by atoms with Crippen LogP contribution >= 0.6 is 0 Å². The minimum atomic E-state index is -0.628. The smallest absolute Gasteiger partial charge is 0.343 e. The Morgan fingerprint density at radius 3 is 1.56 bits per heavy atom. The van der Waals surface area contributed by atoms with E-state index in [1.807, 2.05) is 58.9 Å². The molecular weight excluding hydrogens is 544 g/mol. The molecule has 0 aromatic heterocycles. The normalized spacial score (nSPS) is 13.4. The molecule has 1 atom stereocenters. The fourth-order valence-corrected chi connectivity index (χ4v) is 5.06. The number of nitrogens with zero attached hydrogens (tertiary/aromatic N) is 2. The number of carbonyl (C=O) groups excluding carboxylic acids is 2. The molecule has 5 rings (SSSR count). The van der Waals surface area contributed by atoms with Gasteiger partial charge in [-0.1, -0.05) is 0 Å². The van der Waals surface area contributed by atoms with Gasteiger partial charge in [-0.15, -0.1) is 0 Å². The second-order valence-electron chi connectivity index (χ2n) is 10.5. The van der Waals surface area contributed by atoms with E-state index in [0.29, 0.717) is 44.9 Å². The summed E-state index contributed by atoms with van der Waals surface area (Å²) in [6.45, 7) is 9.55. The molecule has 1 aliphatic heterocycles. The highest BCUT2D eigenvalue weighted by molar-refractivity contribution is 5.98. The Morgan fingerprint density at radius 2 is 1.12 bits per heavy atom. The molecule has 0 saturated carbocycles. The molecule has 43 heavy (non-hydrogen) atoms. The SMILES string of the molecule is Cc1cc(C)c(OC(=O)c2ccc(C#N)cc2)c2c1OC[C@H](C)Oc1c(C)cc(C)c(OC(=O)c3ccc(C#N)cc3)c1-2. The number of rotatable bonds is 4. The summed E-state index contributed by atoms with van der Waals surface area (Å²) in [4.78, 5) is 26.8. The number of hydrogen-bond donors (Lipinski definition) is 0. The molecule has 0 fully saturated rings. The number of carbonyl (C=O) groups is 2. The summed E-state index contributed by atoms with van der Waals surface area (Å²) in [5.41, 5.74) is 5.13. The van der Waals surface area contributed by atoms with Crippen LogP contribution in [0.2, 0.25) is 0 Å². The molecule has 0 amide bonds. The molecule has 0 saturated heterocycles. The van der Waals surface area contributed by atoms with Gasteiger partial charge < -0.3 is 18.9 Å². The van der Waals surface area contributed by atoms with E-state index in [0.717, 1.165) is 11.1 Å². The maximum atomic E-state index is 13.4. The van der Waals surface area contributed by atoms with E-state index < -0.39 is 11.9 Å². The van der Waals surface area contributed by atoms with Gasteiger partial charge in [0.15, 0.2) is 0 Å². The van der Waals surface area contributed by atoms with Gasteiger partial charge in [-0.2, -0.15) is 10.5 Å². The van der Waals surface area contributed by atoms with E-state index in [1.165, 1.54) is 24.3 Å². The Bertz CT molecular complexity index is 1840. The van der Waals surface area contributed by atoms with Crippen molar-refractivity contribution in [3.05, 3.63) is 105 Å². The lowest BCUT2D eigenvalue weighted by atomic mass is 9.92. The average Bonchev–Trinajstić information content (AvgIpc) is 2.99. The summed E-state index contributed by atoms with van der Waals surface area (Å²) in [7, 11) is 0. The van der Waals surface area contributed by atoms with Gasteiger partial charge in [0.25, 0.3) is 0 Å². The third kappa shape index (κ3) is 5.64. The van der Waals surface area contributed by atoms with Crippen molar-refractivity contribution in [1.82, 2.24) is 0 Å². The Hall–Kier alpha value is -5.60. The van der Waals surface area contributed by atoms with Gasteiger partial charge in [0, 0.05) is 0 Å². The molecule has 1 aliphatic rings.